The summed E-state index contributed by atoms with van der Waals surface area (Å²) in [4.78, 5) is 24.4. The third kappa shape index (κ3) is 4.81. The zero-order valence-corrected chi connectivity index (χ0v) is 15.5. The molecule has 27 heavy (non-hydrogen) atoms. The van der Waals surface area contributed by atoms with E-state index in [-0.39, 0.29) is 11.3 Å². The Hall–Kier alpha value is -3.42. The Kier molecular flexibility index (Phi) is 6.87. The highest BCUT2D eigenvalue weighted by atomic mass is 16.5. The maximum absolute atomic E-state index is 12.4. The minimum absolute atomic E-state index is 0.111. The number of para-hydroxylation sites is 2. The van der Waals surface area contributed by atoms with E-state index in [2.05, 4.69) is 5.32 Å². The Labute approximate surface area is 156 Å². The van der Waals surface area contributed by atoms with Gasteiger partial charge in [-0.05, 0) is 12.1 Å². The number of ether oxygens (including phenoxy) is 5. The summed E-state index contributed by atoms with van der Waals surface area (Å²) in [6.07, 6.45) is 0. The molecule has 0 aliphatic carbocycles. The Balaban J connectivity index is 2.08. The van der Waals surface area contributed by atoms with E-state index >= 15 is 0 Å². The zero-order valence-electron chi connectivity index (χ0n) is 15.5. The molecule has 0 bridgehead atoms. The molecule has 0 radical (unpaired) electrons. The third-order valence-electron chi connectivity index (χ3n) is 3.64. The zero-order chi connectivity index (χ0) is 19.8. The molecule has 2 aromatic rings. The van der Waals surface area contributed by atoms with Crippen LogP contribution in [-0.4, -0.2) is 46.9 Å². The lowest BCUT2D eigenvalue weighted by Gasteiger charge is -2.14. The molecule has 0 atom stereocenters. The monoisotopic (exact) mass is 375 g/mol. The minimum Gasteiger partial charge on any atom is -0.496 e. The van der Waals surface area contributed by atoms with Crippen LogP contribution in [0.2, 0.25) is 0 Å². The maximum Gasteiger partial charge on any atom is 0.342 e. The lowest BCUT2D eigenvalue weighted by molar-refractivity contribution is -0.119. The van der Waals surface area contributed by atoms with Crippen LogP contribution in [0.5, 0.6) is 23.0 Å². The van der Waals surface area contributed by atoms with Gasteiger partial charge in [0.05, 0.1) is 34.1 Å². The molecule has 1 amide bonds. The quantitative estimate of drug-likeness (QED) is 0.709. The van der Waals surface area contributed by atoms with Crippen LogP contribution >= 0.6 is 0 Å². The van der Waals surface area contributed by atoms with E-state index in [1.807, 2.05) is 0 Å². The predicted octanol–water partition coefficient (Wildman–Crippen LogP) is 2.52. The minimum atomic E-state index is -0.733. The standard InChI is InChI=1S/C19H21NO7/c1-23-14-8-6-5-7-13(14)20-18(21)11-27-19(22)12-9-16(25-3)17(26-4)10-15(12)24-2/h5-10H,11H2,1-4H3,(H,20,21). The van der Waals surface area contributed by atoms with Crippen molar-refractivity contribution in [1.82, 2.24) is 0 Å². The van der Waals surface area contributed by atoms with Crippen molar-refractivity contribution in [3.8, 4) is 23.0 Å². The van der Waals surface area contributed by atoms with Crippen molar-refractivity contribution in [2.24, 2.45) is 0 Å². The van der Waals surface area contributed by atoms with Crippen LogP contribution in [0.3, 0.4) is 0 Å². The Morgan fingerprint density at radius 2 is 1.41 bits per heavy atom. The molecule has 0 spiro atoms. The van der Waals surface area contributed by atoms with E-state index < -0.39 is 18.5 Å². The summed E-state index contributed by atoms with van der Waals surface area (Å²) in [5, 5.41) is 2.62. The summed E-state index contributed by atoms with van der Waals surface area (Å²) in [5.41, 5.74) is 0.588. The molecule has 0 fully saturated rings. The summed E-state index contributed by atoms with van der Waals surface area (Å²) < 4.78 is 25.8. The van der Waals surface area contributed by atoms with Gasteiger partial charge in [-0.2, -0.15) is 0 Å². The fourth-order valence-electron chi connectivity index (χ4n) is 2.33. The summed E-state index contributed by atoms with van der Waals surface area (Å²) in [7, 11) is 5.82. The van der Waals surface area contributed by atoms with Gasteiger partial charge in [-0.25, -0.2) is 4.79 Å². The lowest BCUT2D eigenvalue weighted by atomic mass is 10.1. The summed E-state index contributed by atoms with van der Waals surface area (Å²) in [6.45, 7) is -0.478. The van der Waals surface area contributed by atoms with Crippen molar-refractivity contribution in [1.29, 1.82) is 0 Å². The third-order valence-corrected chi connectivity index (χ3v) is 3.64. The molecular weight excluding hydrogens is 354 g/mol. The normalized spacial score (nSPS) is 9.93. The average Bonchev–Trinajstić information content (AvgIpc) is 2.71. The fraction of sp³-hybridized carbons (Fsp3) is 0.263. The van der Waals surface area contributed by atoms with Crippen molar-refractivity contribution >= 4 is 17.6 Å². The first-order valence-electron chi connectivity index (χ1n) is 7.94. The van der Waals surface area contributed by atoms with Crippen LogP contribution in [0, 0.1) is 0 Å². The number of rotatable bonds is 8. The van der Waals surface area contributed by atoms with Crippen LogP contribution < -0.4 is 24.3 Å². The Bertz CT molecular complexity index is 820. The second kappa shape index (κ2) is 9.33. The molecule has 0 saturated heterocycles. The van der Waals surface area contributed by atoms with Gasteiger partial charge in [0, 0.05) is 12.1 Å². The summed E-state index contributed by atoms with van der Waals surface area (Å²) in [5.74, 6) is 0.236. The van der Waals surface area contributed by atoms with Crippen molar-refractivity contribution < 1.29 is 33.3 Å². The molecule has 0 aliphatic rings. The second-order valence-corrected chi connectivity index (χ2v) is 5.23. The number of nitrogens with one attached hydrogen (secondary N) is 1. The molecule has 2 aromatic carbocycles. The van der Waals surface area contributed by atoms with Crippen molar-refractivity contribution in [3.63, 3.8) is 0 Å². The van der Waals surface area contributed by atoms with E-state index in [1.54, 1.807) is 24.3 Å². The highest BCUT2D eigenvalue weighted by Crippen LogP contribution is 2.35. The number of benzene rings is 2. The number of carbonyl (C=O) groups excluding carboxylic acids is 2. The van der Waals surface area contributed by atoms with Gasteiger partial charge in [-0.1, -0.05) is 12.1 Å². The Morgan fingerprint density at radius 1 is 0.815 bits per heavy atom. The van der Waals surface area contributed by atoms with Crippen molar-refractivity contribution in [2.75, 3.05) is 40.4 Å². The molecule has 0 unspecified atom stereocenters. The number of methoxy groups -OCH3 is 4. The first kappa shape index (κ1) is 19.9. The molecular formula is C19H21NO7. The molecule has 0 saturated carbocycles. The lowest BCUT2D eigenvalue weighted by Crippen LogP contribution is -2.21. The highest BCUT2D eigenvalue weighted by Gasteiger charge is 2.20. The molecule has 0 aliphatic heterocycles. The van der Waals surface area contributed by atoms with Crippen LogP contribution in [0.1, 0.15) is 10.4 Å². The van der Waals surface area contributed by atoms with E-state index in [1.165, 1.54) is 40.6 Å². The molecule has 144 valence electrons. The molecule has 2 rings (SSSR count). The number of esters is 1. The van der Waals surface area contributed by atoms with Crippen LogP contribution in [0.4, 0.5) is 5.69 Å². The highest BCUT2D eigenvalue weighted by molar-refractivity contribution is 5.97. The molecule has 8 heteroatoms. The first-order chi connectivity index (χ1) is 13.0. The molecule has 0 heterocycles. The van der Waals surface area contributed by atoms with Gasteiger partial charge in [-0.15, -0.1) is 0 Å². The van der Waals surface area contributed by atoms with Gasteiger partial charge < -0.3 is 29.0 Å². The van der Waals surface area contributed by atoms with E-state index in [4.69, 9.17) is 23.7 Å². The van der Waals surface area contributed by atoms with Gasteiger partial charge in [0.2, 0.25) is 0 Å². The van der Waals surface area contributed by atoms with Gasteiger partial charge in [0.1, 0.15) is 17.1 Å². The number of anilines is 1. The second-order valence-electron chi connectivity index (χ2n) is 5.23. The van der Waals surface area contributed by atoms with E-state index in [0.717, 1.165) is 0 Å². The van der Waals surface area contributed by atoms with Gasteiger partial charge in [0.15, 0.2) is 18.1 Å². The maximum atomic E-state index is 12.4. The van der Waals surface area contributed by atoms with Crippen molar-refractivity contribution in [2.45, 2.75) is 0 Å². The van der Waals surface area contributed by atoms with Crippen LogP contribution in [-0.2, 0) is 9.53 Å². The topological polar surface area (TPSA) is 92.3 Å². The van der Waals surface area contributed by atoms with Crippen LogP contribution in [0.15, 0.2) is 36.4 Å². The van der Waals surface area contributed by atoms with Gasteiger partial charge in [-0.3, -0.25) is 4.79 Å². The number of hydrogen-bond donors (Lipinski definition) is 1. The number of hydrogen-bond acceptors (Lipinski definition) is 7. The summed E-state index contributed by atoms with van der Waals surface area (Å²) >= 11 is 0. The fourth-order valence-corrected chi connectivity index (χ4v) is 2.33. The first-order valence-corrected chi connectivity index (χ1v) is 7.94. The van der Waals surface area contributed by atoms with Gasteiger partial charge in [0.25, 0.3) is 5.91 Å². The number of amides is 1. The smallest absolute Gasteiger partial charge is 0.342 e. The SMILES string of the molecule is COc1ccccc1NC(=O)COC(=O)c1cc(OC)c(OC)cc1OC. The van der Waals surface area contributed by atoms with Crippen LogP contribution in [0.25, 0.3) is 0 Å². The summed E-state index contributed by atoms with van der Waals surface area (Å²) in [6, 6.07) is 9.84. The Morgan fingerprint density at radius 3 is 2.04 bits per heavy atom. The number of carbonyl (C=O) groups is 2. The molecule has 8 nitrogen and oxygen atoms in total. The van der Waals surface area contributed by atoms with Gasteiger partial charge >= 0.3 is 5.97 Å². The molecule has 0 aromatic heterocycles. The van der Waals surface area contributed by atoms with E-state index in [9.17, 15) is 9.59 Å². The van der Waals surface area contributed by atoms with E-state index in [0.29, 0.717) is 22.9 Å². The average molecular weight is 375 g/mol. The van der Waals surface area contributed by atoms with Crippen molar-refractivity contribution in [3.05, 3.63) is 42.0 Å². The largest absolute Gasteiger partial charge is 0.496 e. The molecule has 1 N–H and O–H groups in total. The predicted molar refractivity (Wildman–Crippen MR) is 98.0 cm³/mol.